The first-order valence-corrected chi connectivity index (χ1v) is 8.40. The lowest BCUT2D eigenvalue weighted by atomic mass is 10.2. The number of hydrogen-bond acceptors (Lipinski definition) is 7. The third-order valence-corrected chi connectivity index (χ3v) is 4.16. The van der Waals surface area contributed by atoms with Crippen LogP contribution in [0.25, 0.3) is 0 Å². The van der Waals surface area contributed by atoms with Crippen LogP contribution in [0.5, 0.6) is 5.75 Å². The standard InChI is InChI=1S/C18H14N4O3S/c1-12-16(26-22-20-12)17(23)21-19-11-13-7-9-15(10-8-13)25-18(24)14-5-3-2-4-6-14/h2-11H,1H3,(H,21,23)/b19-11-. The highest BCUT2D eigenvalue weighted by atomic mass is 32.1. The van der Waals surface area contributed by atoms with Crippen LogP contribution < -0.4 is 10.2 Å². The van der Waals surface area contributed by atoms with E-state index in [1.54, 1.807) is 55.5 Å². The van der Waals surface area contributed by atoms with Gasteiger partial charge in [-0.1, -0.05) is 22.7 Å². The monoisotopic (exact) mass is 366 g/mol. The highest BCUT2D eigenvalue weighted by Gasteiger charge is 2.11. The summed E-state index contributed by atoms with van der Waals surface area (Å²) in [7, 11) is 0. The van der Waals surface area contributed by atoms with Gasteiger partial charge in [-0.3, -0.25) is 4.79 Å². The predicted molar refractivity (Wildman–Crippen MR) is 97.5 cm³/mol. The van der Waals surface area contributed by atoms with E-state index in [0.717, 1.165) is 17.1 Å². The Labute approximate surface area is 153 Å². The molecule has 3 rings (SSSR count). The highest BCUT2D eigenvalue weighted by Crippen LogP contribution is 2.14. The van der Waals surface area contributed by atoms with E-state index in [1.807, 2.05) is 6.07 Å². The van der Waals surface area contributed by atoms with Gasteiger partial charge in [0.25, 0.3) is 5.91 Å². The molecule has 1 N–H and O–H groups in total. The second kappa shape index (κ2) is 8.13. The fourth-order valence-corrected chi connectivity index (χ4v) is 2.56. The molecule has 0 fully saturated rings. The van der Waals surface area contributed by atoms with E-state index in [9.17, 15) is 9.59 Å². The Hall–Kier alpha value is -3.39. The van der Waals surface area contributed by atoms with Crippen molar-refractivity contribution < 1.29 is 14.3 Å². The van der Waals surface area contributed by atoms with Gasteiger partial charge >= 0.3 is 5.97 Å². The number of carbonyl (C=O) groups excluding carboxylic acids is 2. The molecule has 7 nitrogen and oxygen atoms in total. The van der Waals surface area contributed by atoms with Crippen molar-refractivity contribution in [2.75, 3.05) is 0 Å². The van der Waals surface area contributed by atoms with Gasteiger partial charge in [-0.2, -0.15) is 5.10 Å². The number of amides is 1. The topological polar surface area (TPSA) is 93.5 Å². The van der Waals surface area contributed by atoms with Crippen molar-refractivity contribution in [3.8, 4) is 5.75 Å². The molecule has 1 amide bonds. The van der Waals surface area contributed by atoms with Crippen molar-refractivity contribution in [1.29, 1.82) is 0 Å². The number of hydrazone groups is 1. The molecule has 130 valence electrons. The van der Waals surface area contributed by atoms with Crippen molar-refractivity contribution in [2.45, 2.75) is 6.92 Å². The fraction of sp³-hybridized carbons (Fsp3) is 0.0556. The average Bonchev–Trinajstić information content (AvgIpc) is 3.10. The Morgan fingerprint density at radius 1 is 1.12 bits per heavy atom. The lowest BCUT2D eigenvalue weighted by molar-refractivity contribution is 0.0734. The molecule has 26 heavy (non-hydrogen) atoms. The van der Waals surface area contributed by atoms with Crippen molar-refractivity contribution in [1.82, 2.24) is 15.0 Å². The van der Waals surface area contributed by atoms with Gasteiger partial charge in [0.1, 0.15) is 10.6 Å². The number of aryl methyl sites for hydroxylation is 1. The number of nitrogens with one attached hydrogen (secondary N) is 1. The van der Waals surface area contributed by atoms with E-state index in [0.29, 0.717) is 21.9 Å². The van der Waals surface area contributed by atoms with Crippen LogP contribution in [0.15, 0.2) is 59.7 Å². The minimum Gasteiger partial charge on any atom is -0.423 e. The fourth-order valence-electron chi connectivity index (χ4n) is 2.02. The van der Waals surface area contributed by atoms with Gasteiger partial charge in [-0.05, 0) is 60.4 Å². The van der Waals surface area contributed by atoms with Crippen molar-refractivity contribution in [3.05, 3.63) is 76.3 Å². The van der Waals surface area contributed by atoms with Crippen LogP contribution in [0.1, 0.15) is 31.3 Å². The van der Waals surface area contributed by atoms with Gasteiger partial charge in [0.05, 0.1) is 17.5 Å². The van der Waals surface area contributed by atoms with Crippen LogP contribution in [0, 0.1) is 6.92 Å². The van der Waals surface area contributed by atoms with E-state index in [4.69, 9.17) is 4.74 Å². The third kappa shape index (κ3) is 4.37. The summed E-state index contributed by atoms with van der Waals surface area (Å²) in [4.78, 5) is 24.3. The molecule has 0 aliphatic rings. The SMILES string of the molecule is Cc1nnsc1C(=O)N/N=C\c1ccc(OC(=O)c2ccccc2)cc1. The van der Waals surface area contributed by atoms with Crippen LogP contribution >= 0.6 is 11.5 Å². The van der Waals surface area contributed by atoms with Crippen molar-refractivity contribution in [3.63, 3.8) is 0 Å². The first-order chi connectivity index (χ1) is 12.6. The molecule has 0 atom stereocenters. The maximum Gasteiger partial charge on any atom is 0.343 e. The van der Waals surface area contributed by atoms with Crippen LogP contribution in [-0.2, 0) is 0 Å². The molecule has 0 radical (unpaired) electrons. The Bertz CT molecular complexity index is 937. The summed E-state index contributed by atoms with van der Waals surface area (Å²) < 4.78 is 9.00. The number of hydrogen-bond donors (Lipinski definition) is 1. The summed E-state index contributed by atoms with van der Waals surface area (Å²) in [5.41, 5.74) is 4.20. The molecular formula is C18H14N4O3S. The molecule has 1 aromatic heterocycles. The van der Waals surface area contributed by atoms with E-state index >= 15 is 0 Å². The molecule has 0 aliphatic heterocycles. The summed E-state index contributed by atoms with van der Waals surface area (Å²) in [6.45, 7) is 1.71. The van der Waals surface area contributed by atoms with Gasteiger partial charge < -0.3 is 4.74 Å². The first-order valence-electron chi connectivity index (χ1n) is 7.63. The number of benzene rings is 2. The smallest absolute Gasteiger partial charge is 0.343 e. The van der Waals surface area contributed by atoms with E-state index in [1.165, 1.54) is 6.21 Å². The zero-order chi connectivity index (χ0) is 18.4. The van der Waals surface area contributed by atoms with E-state index < -0.39 is 5.97 Å². The Morgan fingerprint density at radius 2 is 1.85 bits per heavy atom. The zero-order valence-corrected chi connectivity index (χ0v) is 14.6. The van der Waals surface area contributed by atoms with E-state index in [2.05, 4.69) is 20.1 Å². The second-order valence-electron chi connectivity index (χ2n) is 5.21. The Morgan fingerprint density at radius 3 is 2.50 bits per heavy atom. The Balaban J connectivity index is 1.57. The van der Waals surface area contributed by atoms with Gasteiger partial charge in [-0.15, -0.1) is 5.10 Å². The summed E-state index contributed by atoms with van der Waals surface area (Å²) in [6, 6.07) is 15.5. The van der Waals surface area contributed by atoms with Crippen LogP contribution in [-0.4, -0.2) is 27.7 Å². The first kappa shape index (κ1) is 17.4. The molecular weight excluding hydrogens is 352 g/mol. The normalized spacial score (nSPS) is 10.7. The Kier molecular flexibility index (Phi) is 5.45. The maximum absolute atomic E-state index is 12.0. The lowest BCUT2D eigenvalue weighted by Gasteiger charge is -2.04. The number of nitrogens with zero attached hydrogens (tertiary/aromatic N) is 3. The molecule has 0 spiro atoms. The van der Waals surface area contributed by atoms with Gasteiger partial charge in [0.15, 0.2) is 0 Å². The third-order valence-electron chi connectivity index (χ3n) is 3.34. The highest BCUT2D eigenvalue weighted by molar-refractivity contribution is 7.07. The molecule has 0 unspecified atom stereocenters. The largest absolute Gasteiger partial charge is 0.423 e. The van der Waals surface area contributed by atoms with Gasteiger partial charge in [0, 0.05) is 0 Å². The van der Waals surface area contributed by atoms with Crippen molar-refractivity contribution in [2.24, 2.45) is 5.10 Å². The minimum atomic E-state index is -0.423. The van der Waals surface area contributed by atoms with Crippen LogP contribution in [0.2, 0.25) is 0 Å². The number of aromatic nitrogens is 2. The molecule has 8 heteroatoms. The van der Waals surface area contributed by atoms with Gasteiger partial charge in [0.2, 0.25) is 0 Å². The molecule has 0 saturated carbocycles. The summed E-state index contributed by atoms with van der Waals surface area (Å²) in [5.74, 6) is -0.360. The zero-order valence-electron chi connectivity index (χ0n) is 13.7. The second-order valence-corrected chi connectivity index (χ2v) is 5.97. The predicted octanol–water partition coefficient (Wildman–Crippen LogP) is 2.83. The number of esters is 1. The number of rotatable bonds is 5. The maximum atomic E-state index is 12.0. The van der Waals surface area contributed by atoms with Gasteiger partial charge in [-0.25, -0.2) is 10.2 Å². The summed E-state index contributed by atoms with van der Waals surface area (Å²) >= 11 is 1.01. The lowest BCUT2D eigenvalue weighted by Crippen LogP contribution is -2.17. The molecule has 0 aliphatic carbocycles. The molecule has 3 aromatic rings. The molecule has 0 bridgehead atoms. The number of carbonyl (C=O) groups is 2. The summed E-state index contributed by atoms with van der Waals surface area (Å²) in [5, 5.41) is 7.67. The quantitative estimate of drug-likeness (QED) is 0.324. The summed E-state index contributed by atoms with van der Waals surface area (Å²) in [6.07, 6.45) is 1.49. The number of ether oxygens (including phenoxy) is 1. The van der Waals surface area contributed by atoms with Crippen LogP contribution in [0.4, 0.5) is 0 Å². The average molecular weight is 366 g/mol. The molecule has 0 saturated heterocycles. The molecule has 1 heterocycles. The minimum absolute atomic E-state index is 0.359. The van der Waals surface area contributed by atoms with Crippen molar-refractivity contribution >= 4 is 29.6 Å². The molecule has 2 aromatic carbocycles. The van der Waals surface area contributed by atoms with E-state index in [-0.39, 0.29) is 5.91 Å². The van der Waals surface area contributed by atoms with Crippen LogP contribution in [0.3, 0.4) is 0 Å².